The Kier molecular flexibility index (Phi) is 8.47. The molecule has 0 atom stereocenters. The Morgan fingerprint density at radius 2 is 0.908 bits per heavy atom. The molecular weight excluding hydrogens is 787 g/mol. The van der Waals surface area contributed by atoms with Gasteiger partial charge in [-0.25, -0.2) is 0 Å². The van der Waals surface area contributed by atoms with E-state index in [4.69, 9.17) is 4.42 Å². The molecule has 0 unspecified atom stereocenters. The fourth-order valence-electron chi connectivity index (χ4n) is 10.9. The average molecular weight is 828 g/mol. The van der Waals surface area contributed by atoms with Gasteiger partial charge in [0, 0.05) is 33.3 Å². The Morgan fingerprint density at radius 3 is 1.69 bits per heavy atom. The first-order valence-electron chi connectivity index (χ1n) is 22.4. The quantitative estimate of drug-likeness (QED) is 0.159. The molecule has 2 heteroatoms. The molecule has 0 radical (unpaired) electrons. The highest BCUT2D eigenvalue weighted by Crippen LogP contribution is 2.57. The predicted molar refractivity (Wildman–Crippen MR) is 272 cm³/mol. The van der Waals surface area contributed by atoms with Gasteiger partial charge < -0.3 is 9.32 Å². The third kappa shape index (κ3) is 5.67. The van der Waals surface area contributed by atoms with E-state index in [9.17, 15) is 0 Å². The number of para-hydroxylation sites is 1. The summed E-state index contributed by atoms with van der Waals surface area (Å²) in [6.07, 6.45) is 0. The molecule has 1 heterocycles. The van der Waals surface area contributed by atoms with Gasteiger partial charge in [-0.2, -0.15) is 0 Å². The van der Waals surface area contributed by atoms with E-state index in [2.05, 4.69) is 254 Å². The normalized spacial score (nSPS) is 12.7. The van der Waals surface area contributed by atoms with Crippen LogP contribution in [-0.2, 0) is 5.41 Å². The standard InChI is InChI=1S/C63H41NO/c1-4-19-43(20-5-1)50-29-15-17-34-59(50)64(48-35-37-53-52-31-14-16-33-57(52)63(58(53)41-48,45-24-6-2-7-25-45)46-26-8-3-9-27-46)47-36-38-60-55(40-47)56-39-44-22-11-13-30-51(44)61(62(56)65-60)54-32-18-23-42-21-10-12-28-49(42)54/h1-41H. The van der Waals surface area contributed by atoms with Gasteiger partial charge in [0.15, 0.2) is 0 Å². The third-order valence-corrected chi connectivity index (χ3v) is 13.7. The fourth-order valence-corrected chi connectivity index (χ4v) is 10.9. The van der Waals surface area contributed by atoms with Crippen LogP contribution < -0.4 is 4.90 Å². The molecule has 12 aromatic rings. The second-order valence-corrected chi connectivity index (χ2v) is 17.1. The number of nitrogens with zero attached hydrogens (tertiary/aromatic N) is 1. The lowest BCUT2D eigenvalue weighted by Crippen LogP contribution is -2.28. The van der Waals surface area contributed by atoms with Crippen LogP contribution in [-0.4, -0.2) is 0 Å². The number of hydrogen-bond acceptors (Lipinski definition) is 2. The van der Waals surface area contributed by atoms with Gasteiger partial charge in [-0.05, 0) is 109 Å². The zero-order chi connectivity index (χ0) is 42.9. The van der Waals surface area contributed by atoms with Gasteiger partial charge in [0.1, 0.15) is 11.2 Å². The summed E-state index contributed by atoms with van der Waals surface area (Å²) in [5.41, 5.74) is 16.6. The molecule has 13 rings (SSSR count). The number of rotatable bonds is 7. The van der Waals surface area contributed by atoms with Gasteiger partial charge in [-0.1, -0.05) is 206 Å². The van der Waals surface area contributed by atoms with Crippen molar-refractivity contribution >= 4 is 60.5 Å². The van der Waals surface area contributed by atoms with E-state index in [0.717, 1.165) is 55.7 Å². The maximum absolute atomic E-state index is 7.04. The molecule has 1 aliphatic rings. The van der Waals surface area contributed by atoms with Crippen molar-refractivity contribution in [3.05, 3.63) is 271 Å². The van der Waals surface area contributed by atoms with Crippen LogP contribution in [0, 0.1) is 0 Å². The van der Waals surface area contributed by atoms with E-state index in [1.165, 1.54) is 60.5 Å². The Bertz CT molecular complexity index is 3730. The minimum absolute atomic E-state index is 0.543. The van der Waals surface area contributed by atoms with Crippen LogP contribution in [0.3, 0.4) is 0 Å². The zero-order valence-electron chi connectivity index (χ0n) is 35.5. The molecule has 0 amide bonds. The minimum Gasteiger partial charge on any atom is -0.455 e. The second-order valence-electron chi connectivity index (χ2n) is 17.1. The smallest absolute Gasteiger partial charge is 0.143 e. The van der Waals surface area contributed by atoms with Gasteiger partial charge in [-0.3, -0.25) is 0 Å². The summed E-state index contributed by atoms with van der Waals surface area (Å²) < 4.78 is 7.04. The summed E-state index contributed by atoms with van der Waals surface area (Å²) in [6.45, 7) is 0. The first kappa shape index (κ1) is 37.1. The van der Waals surface area contributed by atoms with Gasteiger partial charge >= 0.3 is 0 Å². The van der Waals surface area contributed by atoms with Crippen LogP contribution >= 0.6 is 0 Å². The van der Waals surface area contributed by atoms with Gasteiger partial charge in [0.2, 0.25) is 0 Å². The number of benzene rings is 11. The Balaban J connectivity index is 1.09. The predicted octanol–water partition coefficient (Wildman–Crippen LogP) is 17.1. The monoisotopic (exact) mass is 827 g/mol. The highest BCUT2D eigenvalue weighted by molar-refractivity contribution is 6.21. The number of hydrogen-bond donors (Lipinski definition) is 0. The molecule has 1 aromatic heterocycles. The van der Waals surface area contributed by atoms with Crippen molar-refractivity contribution < 1.29 is 4.42 Å². The molecule has 65 heavy (non-hydrogen) atoms. The van der Waals surface area contributed by atoms with Gasteiger partial charge in [-0.15, -0.1) is 0 Å². The summed E-state index contributed by atoms with van der Waals surface area (Å²) in [5, 5.41) is 6.93. The van der Waals surface area contributed by atoms with Crippen molar-refractivity contribution in [2.75, 3.05) is 4.90 Å². The molecule has 0 aliphatic heterocycles. The van der Waals surface area contributed by atoms with Gasteiger partial charge in [0.05, 0.1) is 11.1 Å². The van der Waals surface area contributed by atoms with E-state index < -0.39 is 5.41 Å². The van der Waals surface area contributed by atoms with Crippen LogP contribution in [0.1, 0.15) is 22.3 Å². The lowest BCUT2D eigenvalue weighted by molar-refractivity contribution is 0.670. The lowest BCUT2D eigenvalue weighted by atomic mass is 9.67. The van der Waals surface area contributed by atoms with Crippen LogP contribution in [0.15, 0.2) is 253 Å². The Hall–Kier alpha value is -8.46. The highest BCUT2D eigenvalue weighted by atomic mass is 16.3. The summed E-state index contributed by atoms with van der Waals surface area (Å²) in [5.74, 6) is 0. The summed E-state index contributed by atoms with van der Waals surface area (Å²) in [7, 11) is 0. The molecule has 304 valence electrons. The van der Waals surface area contributed by atoms with Crippen molar-refractivity contribution in [2.45, 2.75) is 5.41 Å². The molecule has 0 spiro atoms. The largest absolute Gasteiger partial charge is 0.455 e. The first-order chi connectivity index (χ1) is 32.3. The van der Waals surface area contributed by atoms with Crippen LogP contribution in [0.4, 0.5) is 17.1 Å². The van der Waals surface area contributed by atoms with E-state index >= 15 is 0 Å². The van der Waals surface area contributed by atoms with E-state index in [-0.39, 0.29) is 0 Å². The van der Waals surface area contributed by atoms with Gasteiger partial charge in [0.25, 0.3) is 0 Å². The van der Waals surface area contributed by atoms with E-state index in [0.29, 0.717) is 0 Å². The van der Waals surface area contributed by atoms with Crippen LogP contribution in [0.2, 0.25) is 0 Å². The molecular formula is C63H41NO. The first-order valence-corrected chi connectivity index (χ1v) is 22.4. The third-order valence-electron chi connectivity index (χ3n) is 13.7. The van der Waals surface area contributed by atoms with Crippen LogP contribution in [0.25, 0.3) is 76.9 Å². The van der Waals surface area contributed by atoms with E-state index in [1.54, 1.807) is 0 Å². The van der Waals surface area contributed by atoms with Crippen molar-refractivity contribution in [3.63, 3.8) is 0 Å². The Labute approximate surface area is 377 Å². The SMILES string of the molecule is c1ccc(-c2ccccc2N(c2ccc3c(c2)C(c2ccccc2)(c2ccccc2)c2ccccc2-3)c2ccc3oc4c(-c5cccc6ccccc56)c5ccccc5cc4c3c2)cc1. The summed E-state index contributed by atoms with van der Waals surface area (Å²) in [4.78, 5) is 2.46. The lowest BCUT2D eigenvalue weighted by Gasteiger charge is -2.35. The summed E-state index contributed by atoms with van der Waals surface area (Å²) >= 11 is 0. The molecule has 0 bridgehead atoms. The molecule has 0 saturated carbocycles. The zero-order valence-corrected chi connectivity index (χ0v) is 35.5. The maximum atomic E-state index is 7.04. The number of furan rings is 1. The molecule has 0 fully saturated rings. The van der Waals surface area contributed by atoms with Crippen LogP contribution in [0.5, 0.6) is 0 Å². The topological polar surface area (TPSA) is 16.4 Å². The number of fused-ring (bicyclic) bond motifs is 8. The van der Waals surface area contributed by atoms with Crippen molar-refractivity contribution in [1.82, 2.24) is 0 Å². The Morgan fingerprint density at radius 1 is 0.338 bits per heavy atom. The van der Waals surface area contributed by atoms with Crippen molar-refractivity contribution in [1.29, 1.82) is 0 Å². The molecule has 11 aromatic carbocycles. The minimum atomic E-state index is -0.543. The number of anilines is 3. The summed E-state index contributed by atoms with van der Waals surface area (Å²) in [6, 6.07) is 90.8. The highest BCUT2D eigenvalue weighted by Gasteiger charge is 2.46. The molecule has 0 N–H and O–H groups in total. The molecule has 2 nitrogen and oxygen atoms in total. The molecule has 1 aliphatic carbocycles. The molecule has 0 saturated heterocycles. The second kappa shape index (κ2) is 14.8. The fraction of sp³-hybridized carbons (Fsp3) is 0.0159. The average Bonchev–Trinajstić information content (AvgIpc) is 3.89. The van der Waals surface area contributed by atoms with Crippen molar-refractivity contribution in [3.8, 4) is 33.4 Å². The van der Waals surface area contributed by atoms with Crippen molar-refractivity contribution in [2.24, 2.45) is 0 Å². The maximum Gasteiger partial charge on any atom is 0.143 e. The van der Waals surface area contributed by atoms with E-state index in [1.807, 2.05) is 0 Å².